The normalized spacial score (nSPS) is 19.0. The van der Waals surface area contributed by atoms with E-state index in [1.165, 1.54) is 6.33 Å². The maximum atomic E-state index is 13.7. The molecule has 0 bridgehead atoms. The number of nitrogens with zero attached hydrogens (tertiary/aromatic N) is 3. The monoisotopic (exact) mass is 487 g/mol. The fourth-order valence-electron chi connectivity index (χ4n) is 4.66. The number of ether oxygens (including phenoxy) is 1. The number of fused-ring (bicyclic) bond motifs is 1. The van der Waals surface area contributed by atoms with Crippen LogP contribution in [0.4, 0.5) is 5.69 Å². The lowest BCUT2D eigenvalue weighted by Gasteiger charge is -2.44. The second-order valence-corrected chi connectivity index (χ2v) is 9.60. The Hall–Kier alpha value is -4.14. The summed E-state index contributed by atoms with van der Waals surface area (Å²) in [5.74, 6) is -0.310. The van der Waals surface area contributed by atoms with Gasteiger partial charge in [-0.2, -0.15) is 0 Å². The SMILES string of the molecule is COc1ccc(CNC(=O)[C@]2(C)Cn3cnc(C(=O)Nc4ccc(C)cc4)c3C(=O)N2C2CC2)cc1. The lowest BCUT2D eigenvalue weighted by Crippen LogP contribution is -2.64. The molecule has 1 aliphatic carbocycles. The summed E-state index contributed by atoms with van der Waals surface area (Å²) in [5.41, 5.74) is 1.79. The third-order valence-electron chi connectivity index (χ3n) is 6.81. The first-order valence-corrected chi connectivity index (χ1v) is 12.0. The van der Waals surface area contributed by atoms with E-state index in [2.05, 4.69) is 15.6 Å². The molecule has 1 aliphatic heterocycles. The molecule has 0 radical (unpaired) electrons. The fourth-order valence-corrected chi connectivity index (χ4v) is 4.66. The molecule has 5 rings (SSSR count). The van der Waals surface area contributed by atoms with Crippen molar-refractivity contribution in [1.82, 2.24) is 19.8 Å². The van der Waals surface area contributed by atoms with Crippen molar-refractivity contribution >= 4 is 23.4 Å². The molecule has 1 saturated carbocycles. The van der Waals surface area contributed by atoms with Crippen LogP contribution in [0.5, 0.6) is 5.75 Å². The zero-order valence-electron chi connectivity index (χ0n) is 20.6. The molecule has 2 aliphatic rings. The number of carbonyl (C=O) groups excluding carboxylic acids is 3. The number of imidazole rings is 1. The Morgan fingerprint density at radius 2 is 1.81 bits per heavy atom. The summed E-state index contributed by atoms with van der Waals surface area (Å²) in [6, 6.07) is 14.8. The van der Waals surface area contributed by atoms with Crippen molar-refractivity contribution in [3.05, 3.63) is 77.4 Å². The van der Waals surface area contributed by atoms with Crippen molar-refractivity contribution in [3.63, 3.8) is 0 Å². The summed E-state index contributed by atoms with van der Waals surface area (Å²) in [6.07, 6.45) is 3.12. The van der Waals surface area contributed by atoms with E-state index in [9.17, 15) is 14.4 Å². The van der Waals surface area contributed by atoms with E-state index < -0.39 is 11.4 Å². The maximum absolute atomic E-state index is 13.7. The Labute approximate surface area is 209 Å². The number of methoxy groups -OCH3 is 1. The molecule has 0 spiro atoms. The van der Waals surface area contributed by atoms with Crippen LogP contribution in [-0.2, 0) is 17.9 Å². The van der Waals surface area contributed by atoms with Gasteiger partial charge in [-0.1, -0.05) is 29.8 Å². The Morgan fingerprint density at radius 3 is 2.44 bits per heavy atom. The molecule has 1 atom stereocenters. The maximum Gasteiger partial charge on any atom is 0.276 e. The van der Waals surface area contributed by atoms with Gasteiger partial charge in [-0.3, -0.25) is 14.4 Å². The molecule has 2 aromatic carbocycles. The van der Waals surface area contributed by atoms with Gasteiger partial charge in [0.15, 0.2) is 5.69 Å². The predicted octanol–water partition coefficient (Wildman–Crippen LogP) is 3.15. The highest BCUT2D eigenvalue weighted by atomic mass is 16.5. The van der Waals surface area contributed by atoms with Crippen LogP contribution in [0, 0.1) is 6.92 Å². The van der Waals surface area contributed by atoms with Crippen LogP contribution in [0.15, 0.2) is 54.9 Å². The Kier molecular flexibility index (Phi) is 5.99. The molecule has 3 aromatic rings. The molecular formula is C27H29N5O4. The molecule has 186 valence electrons. The first-order chi connectivity index (χ1) is 17.3. The third-order valence-corrected chi connectivity index (χ3v) is 6.81. The molecule has 3 amide bonds. The number of anilines is 1. The number of aromatic nitrogens is 2. The van der Waals surface area contributed by atoms with Gasteiger partial charge >= 0.3 is 0 Å². The Bertz CT molecular complexity index is 1310. The van der Waals surface area contributed by atoms with Crippen molar-refractivity contribution in [2.45, 2.75) is 51.4 Å². The molecule has 9 nitrogen and oxygen atoms in total. The first-order valence-electron chi connectivity index (χ1n) is 12.0. The lowest BCUT2D eigenvalue weighted by atomic mass is 9.93. The van der Waals surface area contributed by atoms with E-state index >= 15 is 0 Å². The first kappa shape index (κ1) is 23.6. The van der Waals surface area contributed by atoms with E-state index in [1.807, 2.05) is 43.3 Å². The molecule has 0 unspecified atom stereocenters. The smallest absolute Gasteiger partial charge is 0.276 e. The van der Waals surface area contributed by atoms with Crippen LogP contribution in [0.1, 0.15) is 51.9 Å². The number of rotatable bonds is 7. The van der Waals surface area contributed by atoms with E-state index in [0.29, 0.717) is 12.2 Å². The van der Waals surface area contributed by atoms with Gasteiger partial charge in [0.25, 0.3) is 11.8 Å². The van der Waals surface area contributed by atoms with Crippen molar-refractivity contribution in [2.24, 2.45) is 0 Å². The van der Waals surface area contributed by atoms with Gasteiger partial charge in [-0.15, -0.1) is 0 Å². The second-order valence-electron chi connectivity index (χ2n) is 9.60. The fraction of sp³-hybridized carbons (Fsp3) is 0.333. The highest BCUT2D eigenvalue weighted by Crippen LogP contribution is 2.39. The molecule has 0 saturated heterocycles. The van der Waals surface area contributed by atoms with E-state index in [4.69, 9.17) is 4.74 Å². The minimum absolute atomic E-state index is 0.0362. The van der Waals surface area contributed by atoms with Crippen LogP contribution >= 0.6 is 0 Å². The summed E-state index contributed by atoms with van der Waals surface area (Å²) >= 11 is 0. The van der Waals surface area contributed by atoms with Crippen molar-refractivity contribution in [3.8, 4) is 5.75 Å². The van der Waals surface area contributed by atoms with E-state index in [1.54, 1.807) is 35.6 Å². The van der Waals surface area contributed by atoms with Crippen molar-refractivity contribution in [1.29, 1.82) is 0 Å². The highest BCUT2D eigenvalue weighted by molar-refractivity contribution is 6.11. The lowest BCUT2D eigenvalue weighted by molar-refractivity contribution is -0.133. The van der Waals surface area contributed by atoms with Crippen LogP contribution in [0.3, 0.4) is 0 Å². The molecule has 2 N–H and O–H groups in total. The average molecular weight is 488 g/mol. The van der Waals surface area contributed by atoms with Gasteiger partial charge in [0.2, 0.25) is 5.91 Å². The van der Waals surface area contributed by atoms with Gasteiger partial charge in [-0.25, -0.2) is 4.98 Å². The number of hydrogen-bond donors (Lipinski definition) is 2. The summed E-state index contributed by atoms with van der Waals surface area (Å²) in [7, 11) is 1.60. The third kappa shape index (κ3) is 4.32. The zero-order valence-corrected chi connectivity index (χ0v) is 20.6. The van der Waals surface area contributed by atoms with Crippen molar-refractivity contribution < 1.29 is 19.1 Å². The number of carbonyl (C=O) groups is 3. The number of nitrogens with one attached hydrogen (secondary N) is 2. The van der Waals surface area contributed by atoms with Gasteiger partial charge in [-0.05, 0) is 56.5 Å². The van der Waals surface area contributed by atoms with Gasteiger partial charge in [0, 0.05) is 18.3 Å². The summed E-state index contributed by atoms with van der Waals surface area (Å²) < 4.78 is 6.81. The number of benzene rings is 2. The predicted molar refractivity (Wildman–Crippen MR) is 134 cm³/mol. The average Bonchev–Trinajstić information content (AvgIpc) is 3.61. The topological polar surface area (TPSA) is 106 Å². The largest absolute Gasteiger partial charge is 0.497 e. The van der Waals surface area contributed by atoms with Crippen LogP contribution < -0.4 is 15.4 Å². The molecule has 1 aromatic heterocycles. The van der Waals surface area contributed by atoms with Crippen LogP contribution in [0.25, 0.3) is 0 Å². The zero-order chi connectivity index (χ0) is 25.4. The Morgan fingerprint density at radius 1 is 1.11 bits per heavy atom. The van der Waals surface area contributed by atoms with Gasteiger partial charge in [0.05, 0.1) is 20.0 Å². The van der Waals surface area contributed by atoms with E-state index in [0.717, 1.165) is 29.7 Å². The van der Waals surface area contributed by atoms with Crippen LogP contribution in [-0.4, -0.2) is 50.9 Å². The van der Waals surface area contributed by atoms with E-state index in [-0.39, 0.29) is 35.8 Å². The second kappa shape index (κ2) is 9.14. The standard InChI is InChI=1S/C27H29N5O4/c1-17-4-8-19(9-5-17)30-24(33)22-23-25(34)32(20-10-11-20)27(2,15-31(23)16-29-22)26(35)28-14-18-6-12-21(36-3)13-7-18/h4-9,12-13,16,20H,10-11,14-15H2,1-3H3,(H,28,35)(H,30,33)/t27-/m0/s1. The number of hydrogen-bond acceptors (Lipinski definition) is 5. The summed E-state index contributed by atoms with van der Waals surface area (Å²) in [5, 5.41) is 5.81. The van der Waals surface area contributed by atoms with Crippen LogP contribution in [0.2, 0.25) is 0 Å². The molecule has 2 heterocycles. The number of aryl methyl sites for hydroxylation is 1. The summed E-state index contributed by atoms with van der Waals surface area (Å²) in [6.45, 7) is 4.28. The van der Waals surface area contributed by atoms with Crippen molar-refractivity contribution in [2.75, 3.05) is 12.4 Å². The molecule has 1 fully saturated rings. The Balaban J connectivity index is 1.37. The number of amides is 3. The molecule has 36 heavy (non-hydrogen) atoms. The summed E-state index contributed by atoms with van der Waals surface area (Å²) in [4.78, 5) is 46.2. The molecule has 9 heteroatoms. The minimum atomic E-state index is -1.11. The minimum Gasteiger partial charge on any atom is -0.497 e. The highest BCUT2D eigenvalue weighted by Gasteiger charge is 2.53. The van der Waals surface area contributed by atoms with Gasteiger partial charge in [0.1, 0.15) is 17.0 Å². The van der Waals surface area contributed by atoms with Gasteiger partial charge < -0.3 is 24.8 Å². The molecular weight excluding hydrogens is 458 g/mol. The quantitative estimate of drug-likeness (QED) is 0.533.